The Labute approximate surface area is 219 Å². The second-order valence-electron chi connectivity index (χ2n) is 12.5. The molecule has 1 saturated heterocycles. The Morgan fingerprint density at radius 2 is 1.25 bits per heavy atom. The Bertz CT molecular complexity index is 1070. The molecule has 2 aromatic carbocycles. The van der Waals surface area contributed by atoms with Gasteiger partial charge in [0.15, 0.2) is 0 Å². The van der Waals surface area contributed by atoms with Crippen LogP contribution in [0.15, 0.2) is 54.7 Å². The number of rotatable bonds is 4. The molecule has 2 unspecified atom stereocenters. The molecule has 0 amide bonds. The Morgan fingerprint density at radius 1 is 0.694 bits per heavy atom. The summed E-state index contributed by atoms with van der Waals surface area (Å²) in [5.41, 5.74) is 7.49. The van der Waals surface area contributed by atoms with Gasteiger partial charge in [0.05, 0.1) is 6.04 Å². The molecule has 3 fully saturated rings. The fraction of sp³-hybridized carbons (Fsp3) is 0.588. The highest BCUT2D eigenvalue weighted by Gasteiger charge is 2.61. The zero-order chi connectivity index (χ0) is 24.9. The van der Waals surface area contributed by atoms with Crippen molar-refractivity contribution in [3.05, 3.63) is 77.0 Å². The minimum absolute atomic E-state index is 0.262. The molecule has 0 N–H and O–H groups in total. The van der Waals surface area contributed by atoms with Crippen molar-refractivity contribution >= 4 is 5.69 Å². The van der Waals surface area contributed by atoms with E-state index in [2.05, 4.69) is 92.2 Å². The van der Waals surface area contributed by atoms with Crippen molar-refractivity contribution in [2.24, 2.45) is 17.3 Å². The number of fused-ring (bicyclic) bond motifs is 1. The van der Waals surface area contributed by atoms with Crippen LogP contribution in [0.5, 0.6) is 0 Å². The van der Waals surface area contributed by atoms with Crippen LogP contribution in [0, 0.1) is 38.0 Å². The molecule has 0 aromatic heterocycles. The SMILES string of the molecule is Cc1ccccc1N1C(c2c(C)cccc2C)N2C=CC(C3CCCCC3)(C3CCCCC3)C2[C@@H]1C. The normalized spacial score (nSPS) is 28.6. The number of anilines is 1. The fourth-order valence-electron chi connectivity index (χ4n) is 9.10. The first kappa shape index (κ1) is 24.1. The average Bonchev–Trinajstić information content (AvgIpc) is 3.43. The van der Waals surface area contributed by atoms with Gasteiger partial charge < -0.3 is 9.80 Å². The third-order valence-electron chi connectivity index (χ3n) is 10.6. The quantitative estimate of drug-likeness (QED) is 0.429. The van der Waals surface area contributed by atoms with Crippen LogP contribution in [0.4, 0.5) is 5.69 Å². The standard InChI is InChI=1S/C34H46N2/c1-24-14-11-12-21-30(24)36-27(4)32-34(28-17-7-5-8-18-28,29-19-9-6-10-20-29)22-23-35(32)33(36)31-25(2)15-13-16-26(31)3/h11-16,21-23,27-29,32-33H,5-10,17-20H2,1-4H3/t27-,32?,33?/m0/s1. The molecule has 2 heteroatoms. The van der Waals surface area contributed by atoms with Crippen LogP contribution in [-0.4, -0.2) is 17.0 Å². The Kier molecular flexibility index (Phi) is 6.42. The minimum atomic E-state index is 0.262. The van der Waals surface area contributed by atoms with E-state index < -0.39 is 0 Å². The first-order valence-electron chi connectivity index (χ1n) is 14.9. The maximum atomic E-state index is 2.84. The summed E-state index contributed by atoms with van der Waals surface area (Å²) in [6.45, 7) is 9.51. The van der Waals surface area contributed by atoms with E-state index >= 15 is 0 Å². The summed E-state index contributed by atoms with van der Waals surface area (Å²) in [7, 11) is 0. The molecule has 2 heterocycles. The van der Waals surface area contributed by atoms with Gasteiger partial charge in [-0.05, 0) is 94.2 Å². The molecule has 2 aliphatic carbocycles. The first-order chi connectivity index (χ1) is 17.5. The molecule has 6 rings (SSSR count). The molecule has 4 aliphatic rings. The van der Waals surface area contributed by atoms with Crippen molar-refractivity contribution in [2.75, 3.05) is 4.90 Å². The summed E-state index contributed by atoms with van der Waals surface area (Å²) in [5.74, 6) is 1.66. The Morgan fingerprint density at radius 3 is 1.83 bits per heavy atom. The average molecular weight is 483 g/mol. The smallest absolute Gasteiger partial charge is 0.129 e. The van der Waals surface area contributed by atoms with Crippen LogP contribution in [0.3, 0.4) is 0 Å². The molecule has 2 aliphatic heterocycles. The van der Waals surface area contributed by atoms with Crippen LogP contribution in [0.1, 0.15) is 99.6 Å². The highest BCUT2D eigenvalue weighted by molar-refractivity contribution is 5.59. The minimum Gasteiger partial charge on any atom is -0.348 e. The van der Waals surface area contributed by atoms with E-state index in [1.807, 2.05) is 0 Å². The number of benzene rings is 2. The zero-order valence-corrected chi connectivity index (χ0v) is 23.0. The second-order valence-corrected chi connectivity index (χ2v) is 12.5. The number of hydrogen-bond acceptors (Lipinski definition) is 2. The van der Waals surface area contributed by atoms with E-state index in [4.69, 9.17) is 0 Å². The van der Waals surface area contributed by atoms with Gasteiger partial charge in [0, 0.05) is 22.7 Å². The first-order valence-corrected chi connectivity index (χ1v) is 14.9. The fourth-order valence-corrected chi connectivity index (χ4v) is 9.10. The number of para-hydroxylation sites is 1. The summed E-state index contributed by atoms with van der Waals surface area (Å²) in [6.07, 6.45) is 19.9. The van der Waals surface area contributed by atoms with Crippen molar-refractivity contribution < 1.29 is 0 Å². The van der Waals surface area contributed by atoms with Crippen molar-refractivity contribution in [2.45, 2.75) is 110 Å². The van der Waals surface area contributed by atoms with Gasteiger partial charge in [-0.1, -0.05) is 81.0 Å². The van der Waals surface area contributed by atoms with E-state index in [-0.39, 0.29) is 6.17 Å². The molecule has 36 heavy (non-hydrogen) atoms. The molecule has 3 atom stereocenters. The summed E-state index contributed by atoms with van der Waals surface area (Å²) in [4.78, 5) is 5.66. The van der Waals surface area contributed by atoms with Gasteiger partial charge in [-0.15, -0.1) is 0 Å². The van der Waals surface area contributed by atoms with E-state index in [9.17, 15) is 0 Å². The van der Waals surface area contributed by atoms with Crippen molar-refractivity contribution in [1.29, 1.82) is 0 Å². The van der Waals surface area contributed by atoms with E-state index in [0.717, 1.165) is 11.8 Å². The van der Waals surface area contributed by atoms with Gasteiger partial charge in [0.25, 0.3) is 0 Å². The van der Waals surface area contributed by atoms with Gasteiger partial charge in [-0.25, -0.2) is 0 Å². The number of hydrogen-bond donors (Lipinski definition) is 0. The maximum absolute atomic E-state index is 2.84. The third kappa shape index (κ3) is 3.65. The van der Waals surface area contributed by atoms with Crippen molar-refractivity contribution in [1.82, 2.24) is 4.90 Å². The van der Waals surface area contributed by atoms with Crippen molar-refractivity contribution in [3.8, 4) is 0 Å². The van der Waals surface area contributed by atoms with Crippen LogP contribution < -0.4 is 4.90 Å². The summed E-state index contributed by atoms with van der Waals surface area (Å²) in [5, 5.41) is 0. The molecule has 2 nitrogen and oxygen atoms in total. The molecule has 0 spiro atoms. The predicted octanol–water partition coefficient (Wildman–Crippen LogP) is 8.86. The Hall–Kier alpha value is -2.22. The monoisotopic (exact) mass is 482 g/mol. The lowest BCUT2D eigenvalue weighted by Gasteiger charge is -2.51. The zero-order valence-electron chi connectivity index (χ0n) is 23.0. The van der Waals surface area contributed by atoms with E-state index in [0.29, 0.717) is 17.5 Å². The van der Waals surface area contributed by atoms with Gasteiger partial charge in [0.1, 0.15) is 6.17 Å². The number of nitrogens with zero attached hydrogens (tertiary/aromatic N) is 2. The van der Waals surface area contributed by atoms with Crippen LogP contribution in [-0.2, 0) is 0 Å². The summed E-state index contributed by atoms with van der Waals surface area (Å²) < 4.78 is 0. The maximum Gasteiger partial charge on any atom is 0.129 e. The molecule has 0 radical (unpaired) electrons. The predicted molar refractivity (Wildman–Crippen MR) is 152 cm³/mol. The second kappa shape index (κ2) is 9.58. The highest BCUT2D eigenvalue weighted by atomic mass is 15.5. The largest absolute Gasteiger partial charge is 0.348 e. The molecule has 2 aromatic rings. The summed E-state index contributed by atoms with van der Waals surface area (Å²) in [6, 6.07) is 17.0. The van der Waals surface area contributed by atoms with Crippen molar-refractivity contribution in [3.63, 3.8) is 0 Å². The lowest BCUT2D eigenvalue weighted by molar-refractivity contribution is 0.0141. The lowest BCUT2D eigenvalue weighted by Crippen LogP contribution is -2.53. The van der Waals surface area contributed by atoms with Crippen LogP contribution >= 0.6 is 0 Å². The van der Waals surface area contributed by atoms with Gasteiger partial charge >= 0.3 is 0 Å². The Balaban J connectivity index is 1.52. The topological polar surface area (TPSA) is 6.48 Å². The molecule has 192 valence electrons. The van der Waals surface area contributed by atoms with Crippen LogP contribution in [0.25, 0.3) is 0 Å². The van der Waals surface area contributed by atoms with Gasteiger partial charge in [-0.3, -0.25) is 0 Å². The van der Waals surface area contributed by atoms with E-state index in [1.165, 1.54) is 92.1 Å². The summed E-state index contributed by atoms with van der Waals surface area (Å²) >= 11 is 0. The molecular formula is C34H46N2. The van der Waals surface area contributed by atoms with Gasteiger partial charge in [-0.2, -0.15) is 0 Å². The number of aryl methyl sites for hydroxylation is 3. The highest BCUT2D eigenvalue weighted by Crippen LogP contribution is 2.61. The van der Waals surface area contributed by atoms with Crippen LogP contribution in [0.2, 0.25) is 0 Å². The third-order valence-corrected chi connectivity index (χ3v) is 10.6. The lowest BCUT2D eigenvalue weighted by atomic mass is 9.55. The molecule has 2 saturated carbocycles. The molecular weight excluding hydrogens is 436 g/mol. The van der Waals surface area contributed by atoms with Gasteiger partial charge in [0.2, 0.25) is 0 Å². The molecule has 0 bridgehead atoms. The van der Waals surface area contributed by atoms with E-state index in [1.54, 1.807) is 0 Å².